The summed E-state index contributed by atoms with van der Waals surface area (Å²) in [6.45, 7) is 0.228. The average molecular weight is 284 g/mol. The third-order valence-electron chi connectivity index (χ3n) is 2.78. The van der Waals surface area contributed by atoms with Gasteiger partial charge in [-0.15, -0.1) is 0 Å². The van der Waals surface area contributed by atoms with Crippen molar-refractivity contribution in [3.63, 3.8) is 0 Å². The van der Waals surface area contributed by atoms with E-state index in [1.807, 2.05) is 0 Å². The molecule has 1 aromatic rings. The van der Waals surface area contributed by atoms with Crippen LogP contribution in [0.3, 0.4) is 0 Å². The summed E-state index contributed by atoms with van der Waals surface area (Å²) in [7, 11) is 0. The minimum Gasteiger partial charge on any atom is -0.351 e. The number of rotatable bonds is 7. The lowest BCUT2D eigenvalue weighted by Crippen LogP contribution is -2.36. The van der Waals surface area contributed by atoms with Crippen molar-refractivity contribution >= 4 is 18.0 Å². The number of nitrogens with zero attached hydrogens (tertiary/aromatic N) is 1. The number of nitrogens with two attached hydrogens (primary N) is 2. The van der Waals surface area contributed by atoms with E-state index in [9.17, 15) is 18.4 Å². The predicted octanol–water partition coefficient (Wildman–Crippen LogP) is 1.46. The number of urea groups is 1. The minimum atomic E-state index is -1.05. The van der Waals surface area contributed by atoms with Crippen molar-refractivity contribution in [1.29, 1.82) is 0 Å². The highest BCUT2D eigenvalue weighted by molar-refractivity contribution is 5.90. The number of halogens is 2. The molecule has 0 aromatic heterocycles. The van der Waals surface area contributed by atoms with E-state index in [2.05, 4.69) is 0 Å². The summed E-state index contributed by atoms with van der Waals surface area (Å²) in [5.41, 5.74) is 10.8. The van der Waals surface area contributed by atoms with Crippen molar-refractivity contribution in [2.75, 3.05) is 11.4 Å². The van der Waals surface area contributed by atoms with Crippen LogP contribution in [0.2, 0.25) is 0 Å². The van der Waals surface area contributed by atoms with E-state index in [0.29, 0.717) is 19.3 Å². The lowest BCUT2D eigenvalue weighted by molar-refractivity contribution is 0.253. The fraction of sp³-hybridized carbons (Fsp3) is 0.385. The lowest BCUT2D eigenvalue weighted by atomic mass is 10.1. The predicted molar refractivity (Wildman–Crippen MR) is 70.8 cm³/mol. The van der Waals surface area contributed by atoms with Crippen LogP contribution < -0.4 is 16.4 Å². The van der Waals surface area contributed by atoms with Crippen molar-refractivity contribution in [1.82, 2.24) is 0 Å². The van der Waals surface area contributed by atoms with Crippen molar-refractivity contribution < 1.29 is 18.4 Å². The van der Waals surface area contributed by atoms with Crippen molar-refractivity contribution in [3.8, 4) is 0 Å². The Labute approximate surface area is 115 Å². The van der Waals surface area contributed by atoms with E-state index in [1.165, 1.54) is 6.07 Å². The minimum absolute atomic E-state index is 0.183. The summed E-state index contributed by atoms with van der Waals surface area (Å²) < 4.78 is 26.0. The van der Waals surface area contributed by atoms with Crippen LogP contribution in [0.15, 0.2) is 18.2 Å². The van der Waals surface area contributed by atoms with Crippen LogP contribution in [-0.2, 0) is 4.79 Å². The molecule has 1 rings (SSSR count). The van der Waals surface area contributed by atoms with Gasteiger partial charge in [0.15, 0.2) is 11.6 Å². The van der Waals surface area contributed by atoms with Gasteiger partial charge in [0.25, 0.3) is 0 Å². The van der Waals surface area contributed by atoms with E-state index in [-0.39, 0.29) is 12.2 Å². The first kappa shape index (κ1) is 16.0. The van der Waals surface area contributed by atoms with Crippen LogP contribution in [0.4, 0.5) is 19.3 Å². The number of hydrogen-bond acceptors (Lipinski definition) is 3. The summed E-state index contributed by atoms with van der Waals surface area (Å²) in [6, 6.07) is 1.69. The molecule has 1 unspecified atom stereocenters. The largest absolute Gasteiger partial charge is 0.351 e. The molecule has 0 saturated heterocycles. The molecule has 7 heteroatoms. The number of anilines is 1. The molecule has 2 amide bonds. The maximum absolute atomic E-state index is 13.1. The van der Waals surface area contributed by atoms with Crippen LogP contribution in [-0.4, -0.2) is 24.9 Å². The monoisotopic (exact) mass is 284 g/mol. The maximum Gasteiger partial charge on any atom is 0.319 e. The second kappa shape index (κ2) is 7.54. The van der Waals surface area contributed by atoms with E-state index < -0.39 is 23.7 Å². The zero-order valence-corrected chi connectivity index (χ0v) is 10.8. The fourth-order valence-corrected chi connectivity index (χ4v) is 1.71. The Bertz CT molecular complexity index is 483. The molecule has 0 aliphatic carbocycles. The summed E-state index contributed by atoms with van der Waals surface area (Å²) in [5.74, 6) is -2.04. The SMILES string of the molecule is NC(=O)N(CCCCC(N)[C]=O)c1ccc(F)c(F)c1. The molecule has 20 heavy (non-hydrogen) atoms. The third kappa shape index (κ3) is 4.58. The molecule has 1 radical (unpaired) electrons. The summed E-state index contributed by atoms with van der Waals surface area (Å²) >= 11 is 0. The molecule has 0 aliphatic heterocycles. The van der Waals surface area contributed by atoms with E-state index in [1.54, 1.807) is 6.29 Å². The van der Waals surface area contributed by atoms with Gasteiger partial charge in [-0.3, -0.25) is 9.69 Å². The number of unbranched alkanes of at least 4 members (excludes halogenated alkanes) is 1. The first-order chi connectivity index (χ1) is 9.45. The van der Waals surface area contributed by atoms with Gasteiger partial charge in [-0.1, -0.05) is 0 Å². The van der Waals surface area contributed by atoms with Crippen molar-refractivity contribution in [2.24, 2.45) is 11.5 Å². The summed E-state index contributed by atoms with van der Waals surface area (Å²) in [5, 5.41) is 0. The highest BCUT2D eigenvalue weighted by Gasteiger charge is 2.14. The molecule has 0 fully saturated rings. The average Bonchev–Trinajstić information content (AvgIpc) is 2.41. The number of hydrogen-bond donors (Lipinski definition) is 2. The number of primary amides is 1. The highest BCUT2D eigenvalue weighted by atomic mass is 19.2. The Morgan fingerprint density at radius 1 is 1.30 bits per heavy atom. The Morgan fingerprint density at radius 3 is 2.55 bits per heavy atom. The highest BCUT2D eigenvalue weighted by Crippen LogP contribution is 2.18. The Hall–Kier alpha value is -2.02. The van der Waals surface area contributed by atoms with Crippen LogP contribution >= 0.6 is 0 Å². The number of amides is 2. The normalized spacial score (nSPS) is 11.9. The van der Waals surface area contributed by atoms with Gasteiger partial charge in [0.05, 0.1) is 6.04 Å². The molecule has 109 valence electrons. The van der Waals surface area contributed by atoms with Crippen molar-refractivity contribution in [2.45, 2.75) is 25.3 Å². The molecule has 1 aromatic carbocycles. The van der Waals surface area contributed by atoms with E-state index in [4.69, 9.17) is 11.5 Å². The molecular weight excluding hydrogens is 268 g/mol. The second-order valence-corrected chi connectivity index (χ2v) is 4.31. The molecule has 0 spiro atoms. The molecule has 0 bridgehead atoms. The molecule has 0 saturated carbocycles. The number of benzene rings is 1. The standard InChI is InChI=1S/C13H16F2N3O2/c14-11-5-4-10(7-12(11)15)18(13(17)20)6-2-1-3-9(16)8-19/h4-5,7,9H,1-3,6,16H2,(H2,17,20). The number of carbonyl (C=O) groups excluding carboxylic acids is 2. The molecule has 5 nitrogen and oxygen atoms in total. The molecule has 0 aliphatic rings. The van der Waals surface area contributed by atoms with E-state index >= 15 is 0 Å². The fourth-order valence-electron chi connectivity index (χ4n) is 1.71. The van der Waals surface area contributed by atoms with Crippen LogP contribution in [0, 0.1) is 11.6 Å². The first-order valence-electron chi connectivity index (χ1n) is 6.11. The van der Waals surface area contributed by atoms with Gasteiger partial charge in [-0.25, -0.2) is 13.6 Å². The van der Waals surface area contributed by atoms with E-state index in [0.717, 1.165) is 17.0 Å². The van der Waals surface area contributed by atoms with Gasteiger partial charge < -0.3 is 11.5 Å². The number of carbonyl (C=O) groups is 1. The molecular formula is C13H16F2N3O2. The maximum atomic E-state index is 13.1. The quantitative estimate of drug-likeness (QED) is 0.743. The Morgan fingerprint density at radius 2 is 2.00 bits per heavy atom. The Balaban J connectivity index is 2.63. The van der Waals surface area contributed by atoms with Crippen LogP contribution in [0.25, 0.3) is 0 Å². The van der Waals surface area contributed by atoms with Crippen LogP contribution in [0.1, 0.15) is 19.3 Å². The Kier molecular flexibility index (Phi) is 6.05. The third-order valence-corrected chi connectivity index (χ3v) is 2.78. The molecule has 4 N–H and O–H groups in total. The van der Waals surface area contributed by atoms with Crippen molar-refractivity contribution in [3.05, 3.63) is 29.8 Å². The van der Waals surface area contributed by atoms with Gasteiger partial charge >= 0.3 is 6.03 Å². The first-order valence-corrected chi connectivity index (χ1v) is 6.11. The summed E-state index contributed by atoms with van der Waals surface area (Å²) in [6.07, 6.45) is 3.20. The molecule has 0 heterocycles. The zero-order chi connectivity index (χ0) is 15.1. The smallest absolute Gasteiger partial charge is 0.319 e. The van der Waals surface area contributed by atoms with Crippen LogP contribution in [0.5, 0.6) is 0 Å². The van der Waals surface area contributed by atoms with Gasteiger partial charge in [0, 0.05) is 18.3 Å². The summed E-state index contributed by atoms with van der Waals surface area (Å²) in [4.78, 5) is 22.7. The van der Waals surface area contributed by atoms with Gasteiger partial charge in [0.1, 0.15) is 0 Å². The molecule has 1 atom stereocenters. The topological polar surface area (TPSA) is 89.4 Å². The lowest BCUT2D eigenvalue weighted by Gasteiger charge is -2.20. The zero-order valence-electron chi connectivity index (χ0n) is 10.8. The van der Waals surface area contributed by atoms with Gasteiger partial charge in [0.2, 0.25) is 6.29 Å². The second-order valence-electron chi connectivity index (χ2n) is 4.31. The van der Waals surface area contributed by atoms with Gasteiger partial charge in [-0.05, 0) is 31.4 Å². The van der Waals surface area contributed by atoms with Gasteiger partial charge in [-0.2, -0.15) is 0 Å².